The highest BCUT2D eigenvalue weighted by Crippen LogP contribution is 2.17. The second-order valence-corrected chi connectivity index (χ2v) is 6.97. The fourth-order valence-corrected chi connectivity index (χ4v) is 2.52. The third-order valence-corrected chi connectivity index (χ3v) is 3.75. The molecule has 0 N–H and O–H groups in total. The molecule has 1 unspecified atom stereocenters. The normalized spacial score (nSPS) is 18.0. The average Bonchev–Trinajstić information content (AvgIpc) is 2.58. The Labute approximate surface area is 147 Å². The highest BCUT2D eigenvalue weighted by molar-refractivity contribution is 5.71. The number of carbonyl (C=O) groups excluding carboxylic acids is 2. The van der Waals surface area contributed by atoms with Crippen molar-refractivity contribution in [3.63, 3.8) is 0 Å². The minimum absolute atomic E-state index is 0.0891. The molecule has 7 heteroatoms. The van der Waals surface area contributed by atoms with Gasteiger partial charge in [-0.25, -0.2) is 14.0 Å². The second-order valence-electron chi connectivity index (χ2n) is 6.97. The fraction of sp³-hybridized carbons (Fsp3) is 0.556. The summed E-state index contributed by atoms with van der Waals surface area (Å²) in [7, 11) is 0. The lowest BCUT2D eigenvalue weighted by Gasteiger charge is -2.39. The van der Waals surface area contributed by atoms with Gasteiger partial charge in [0, 0.05) is 19.6 Å². The molecule has 138 valence electrons. The van der Waals surface area contributed by atoms with Gasteiger partial charge in [-0.3, -0.25) is 4.90 Å². The Kier molecular flexibility index (Phi) is 6.22. The maximum atomic E-state index is 13.4. The predicted molar refractivity (Wildman–Crippen MR) is 90.9 cm³/mol. The van der Waals surface area contributed by atoms with Crippen molar-refractivity contribution < 1.29 is 23.5 Å². The smallest absolute Gasteiger partial charge is 0.410 e. The first-order valence-corrected chi connectivity index (χ1v) is 8.31. The second kappa shape index (κ2) is 8.18. The number of nitrogens with zero attached hydrogens (tertiary/aromatic N) is 2. The van der Waals surface area contributed by atoms with Crippen LogP contribution in [0.25, 0.3) is 0 Å². The summed E-state index contributed by atoms with van der Waals surface area (Å²) in [6.45, 7) is 5.28. The van der Waals surface area contributed by atoms with Crippen LogP contribution >= 0.6 is 0 Å². The van der Waals surface area contributed by atoms with Gasteiger partial charge in [-0.15, -0.1) is 0 Å². The minimum Gasteiger partial charge on any atom is -0.445 e. The molecular formula is C18H25FN2O4. The molecule has 1 aromatic carbocycles. The molecule has 1 atom stereocenters. The van der Waals surface area contributed by atoms with Crippen LogP contribution in [0.1, 0.15) is 26.3 Å². The van der Waals surface area contributed by atoms with Crippen molar-refractivity contribution in [3.8, 4) is 0 Å². The number of rotatable bonds is 3. The Balaban J connectivity index is 1.90. The van der Waals surface area contributed by atoms with Gasteiger partial charge in [0.2, 0.25) is 0 Å². The van der Waals surface area contributed by atoms with Crippen molar-refractivity contribution >= 4 is 12.2 Å². The van der Waals surface area contributed by atoms with Gasteiger partial charge in [-0.1, -0.05) is 30.3 Å². The van der Waals surface area contributed by atoms with Crippen molar-refractivity contribution in [2.24, 2.45) is 0 Å². The maximum absolute atomic E-state index is 13.4. The van der Waals surface area contributed by atoms with E-state index in [1.807, 2.05) is 30.3 Å². The van der Waals surface area contributed by atoms with E-state index in [1.165, 1.54) is 9.80 Å². The Morgan fingerprint density at radius 1 is 1.16 bits per heavy atom. The lowest BCUT2D eigenvalue weighted by atomic mass is 10.2. The molecule has 0 bridgehead atoms. The average molecular weight is 352 g/mol. The van der Waals surface area contributed by atoms with Crippen LogP contribution in [0.2, 0.25) is 0 Å². The third kappa shape index (κ3) is 5.62. The van der Waals surface area contributed by atoms with Crippen LogP contribution in [0, 0.1) is 0 Å². The van der Waals surface area contributed by atoms with Crippen LogP contribution < -0.4 is 0 Å². The van der Waals surface area contributed by atoms with Gasteiger partial charge in [0.05, 0.1) is 6.04 Å². The number of ether oxygens (including phenoxy) is 2. The molecule has 25 heavy (non-hydrogen) atoms. The highest BCUT2D eigenvalue weighted by Gasteiger charge is 2.35. The molecule has 1 aliphatic rings. The quantitative estimate of drug-likeness (QED) is 0.838. The third-order valence-electron chi connectivity index (χ3n) is 3.75. The van der Waals surface area contributed by atoms with E-state index in [2.05, 4.69) is 0 Å². The zero-order valence-electron chi connectivity index (χ0n) is 14.9. The number of amides is 2. The lowest BCUT2D eigenvalue weighted by molar-refractivity contribution is -0.00175. The summed E-state index contributed by atoms with van der Waals surface area (Å²) < 4.78 is 24.0. The number of hydrogen-bond acceptors (Lipinski definition) is 4. The topological polar surface area (TPSA) is 59.1 Å². The van der Waals surface area contributed by atoms with Crippen molar-refractivity contribution in [2.45, 2.75) is 39.0 Å². The van der Waals surface area contributed by atoms with Gasteiger partial charge >= 0.3 is 12.2 Å². The molecule has 1 heterocycles. The first-order chi connectivity index (χ1) is 11.8. The summed E-state index contributed by atoms with van der Waals surface area (Å²) in [5.41, 5.74) is 0.244. The Morgan fingerprint density at radius 3 is 2.44 bits per heavy atom. The minimum atomic E-state index is -0.750. The summed E-state index contributed by atoms with van der Waals surface area (Å²) >= 11 is 0. The first-order valence-electron chi connectivity index (χ1n) is 8.31. The molecule has 2 rings (SSSR count). The van der Waals surface area contributed by atoms with E-state index in [1.54, 1.807) is 20.8 Å². The van der Waals surface area contributed by atoms with Gasteiger partial charge in [0.1, 0.15) is 18.9 Å². The van der Waals surface area contributed by atoms with Gasteiger partial charge in [0.25, 0.3) is 0 Å². The standard InChI is InChI=1S/C18H25FN2O4/c1-18(2,3)25-16(22)20-9-10-21(15(11-19)12-20)17(23)24-13-14-7-5-4-6-8-14/h4-8,15H,9-13H2,1-3H3. The predicted octanol–water partition coefficient (Wildman–Crippen LogP) is 3.21. The number of alkyl halides is 1. The Hall–Kier alpha value is -2.31. The molecule has 1 fully saturated rings. The summed E-state index contributed by atoms with van der Waals surface area (Å²) in [4.78, 5) is 27.1. The van der Waals surface area contributed by atoms with Crippen molar-refractivity contribution in [3.05, 3.63) is 35.9 Å². The van der Waals surface area contributed by atoms with E-state index in [0.29, 0.717) is 0 Å². The van der Waals surface area contributed by atoms with Crippen LogP contribution in [-0.2, 0) is 16.1 Å². The first kappa shape index (κ1) is 19.0. The maximum Gasteiger partial charge on any atom is 0.410 e. The molecule has 0 aliphatic carbocycles. The van der Waals surface area contributed by atoms with Crippen LogP contribution in [0.4, 0.5) is 14.0 Å². The fourth-order valence-electron chi connectivity index (χ4n) is 2.52. The highest BCUT2D eigenvalue weighted by atomic mass is 19.1. The number of benzene rings is 1. The molecule has 1 aliphatic heterocycles. The van der Waals surface area contributed by atoms with E-state index < -0.39 is 30.5 Å². The van der Waals surface area contributed by atoms with E-state index in [-0.39, 0.29) is 26.2 Å². The molecule has 0 radical (unpaired) electrons. The summed E-state index contributed by atoms with van der Waals surface area (Å²) in [5.74, 6) is 0. The summed E-state index contributed by atoms with van der Waals surface area (Å²) in [6.07, 6.45) is -1.07. The van der Waals surface area contributed by atoms with Gasteiger partial charge in [-0.05, 0) is 26.3 Å². The zero-order valence-corrected chi connectivity index (χ0v) is 14.9. The van der Waals surface area contributed by atoms with Crippen LogP contribution in [0.3, 0.4) is 0 Å². The molecular weight excluding hydrogens is 327 g/mol. The van der Waals surface area contributed by atoms with Crippen molar-refractivity contribution in [1.29, 1.82) is 0 Å². The zero-order chi connectivity index (χ0) is 18.4. The molecule has 6 nitrogen and oxygen atoms in total. The van der Waals surface area contributed by atoms with Crippen molar-refractivity contribution in [2.75, 3.05) is 26.3 Å². The Bertz CT molecular complexity index is 588. The number of carbonyl (C=O) groups is 2. The summed E-state index contributed by atoms with van der Waals surface area (Å²) in [5, 5.41) is 0. The molecule has 1 aromatic rings. The molecule has 0 saturated carbocycles. The lowest BCUT2D eigenvalue weighted by Crippen LogP contribution is -2.58. The molecule has 2 amide bonds. The van der Waals surface area contributed by atoms with Crippen LogP contribution in [0.15, 0.2) is 30.3 Å². The van der Waals surface area contributed by atoms with Crippen molar-refractivity contribution in [1.82, 2.24) is 9.80 Å². The molecule has 0 spiro atoms. The Morgan fingerprint density at radius 2 is 1.84 bits per heavy atom. The van der Waals surface area contributed by atoms with E-state index in [4.69, 9.17) is 9.47 Å². The van der Waals surface area contributed by atoms with E-state index >= 15 is 0 Å². The van der Waals surface area contributed by atoms with Gasteiger partial charge < -0.3 is 14.4 Å². The largest absolute Gasteiger partial charge is 0.445 e. The van der Waals surface area contributed by atoms with E-state index in [9.17, 15) is 14.0 Å². The van der Waals surface area contributed by atoms with E-state index in [0.717, 1.165) is 5.56 Å². The molecule has 1 saturated heterocycles. The number of halogens is 1. The number of hydrogen-bond donors (Lipinski definition) is 0. The number of piperazine rings is 1. The SMILES string of the molecule is CC(C)(C)OC(=O)N1CCN(C(=O)OCc2ccccc2)C(CF)C1. The van der Waals surface area contributed by atoms with Crippen LogP contribution in [0.5, 0.6) is 0 Å². The summed E-state index contributed by atoms with van der Waals surface area (Å²) in [6, 6.07) is 8.55. The molecule has 0 aromatic heterocycles. The monoisotopic (exact) mass is 352 g/mol. The van der Waals surface area contributed by atoms with Crippen LogP contribution in [-0.4, -0.2) is 59.9 Å². The van der Waals surface area contributed by atoms with Gasteiger partial charge in [0.15, 0.2) is 0 Å². The van der Waals surface area contributed by atoms with Gasteiger partial charge in [-0.2, -0.15) is 0 Å².